The normalized spacial score (nSPS) is 11.1. The first-order valence-electron chi connectivity index (χ1n) is 7.15. The number of allylic oxidation sites excluding steroid dienone is 1. The Morgan fingerprint density at radius 3 is 2.18 bits per heavy atom. The van der Waals surface area contributed by atoms with Crippen LogP contribution in [-0.4, -0.2) is 0 Å². The highest BCUT2D eigenvalue weighted by atomic mass is 14.0. The maximum Gasteiger partial charge on any atom is -0.0260 e. The summed E-state index contributed by atoms with van der Waals surface area (Å²) < 4.78 is 0. The highest BCUT2D eigenvalue weighted by molar-refractivity contribution is 5.48. The first-order valence-corrected chi connectivity index (χ1v) is 7.15. The molecule has 0 atom stereocenters. The molecule has 0 heteroatoms. The van der Waals surface area contributed by atoms with Crippen LogP contribution in [0.1, 0.15) is 63.9 Å². The van der Waals surface area contributed by atoms with Crippen molar-refractivity contribution in [3.63, 3.8) is 0 Å². The van der Waals surface area contributed by atoms with E-state index in [4.69, 9.17) is 0 Å². The van der Waals surface area contributed by atoms with E-state index in [0.717, 1.165) is 0 Å². The molecule has 0 saturated heterocycles. The lowest BCUT2D eigenvalue weighted by molar-refractivity contribution is 0.592. The summed E-state index contributed by atoms with van der Waals surface area (Å²) in [4.78, 5) is 0. The van der Waals surface area contributed by atoms with Crippen molar-refractivity contribution in [3.05, 3.63) is 42.0 Å². The minimum atomic E-state index is 1.22. The van der Waals surface area contributed by atoms with E-state index in [9.17, 15) is 0 Å². The zero-order chi connectivity index (χ0) is 12.2. The van der Waals surface area contributed by atoms with Crippen molar-refractivity contribution in [1.82, 2.24) is 0 Å². The van der Waals surface area contributed by atoms with Gasteiger partial charge in [0.2, 0.25) is 0 Å². The third kappa shape index (κ3) is 7.79. The van der Waals surface area contributed by atoms with Gasteiger partial charge in [0, 0.05) is 0 Å². The van der Waals surface area contributed by atoms with E-state index in [2.05, 4.69) is 49.4 Å². The first-order chi connectivity index (χ1) is 8.43. The fourth-order valence-corrected chi connectivity index (χ4v) is 2.00. The van der Waals surface area contributed by atoms with E-state index in [-0.39, 0.29) is 0 Å². The Labute approximate surface area is 107 Å². The largest absolute Gasteiger partial charge is 0.0839 e. The van der Waals surface area contributed by atoms with E-state index < -0.39 is 0 Å². The van der Waals surface area contributed by atoms with Crippen LogP contribution in [0.3, 0.4) is 0 Å². The van der Waals surface area contributed by atoms with Crippen LogP contribution in [-0.2, 0) is 0 Å². The van der Waals surface area contributed by atoms with Gasteiger partial charge in [0.15, 0.2) is 0 Å². The van der Waals surface area contributed by atoms with Gasteiger partial charge in [-0.25, -0.2) is 0 Å². The van der Waals surface area contributed by atoms with Gasteiger partial charge in [-0.15, -0.1) is 0 Å². The lowest BCUT2D eigenvalue weighted by atomic mass is 10.1. The topological polar surface area (TPSA) is 0 Å². The number of benzene rings is 1. The van der Waals surface area contributed by atoms with E-state index in [0.29, 0.717) is 0 Å². The van der Waals surface area contributed by atoms with Crippen molar-refractivity contribution in [2.24, 2.45) is 0 Å². The van der Waals surface area contributed by atoms with Gasteiger partial charge in [0.25, 0.3) is 0 Å². The molecular weight excluding hydrogens is 204 g/mol. The summed E-state index contributed by atoms with van der Waals surface area (Å²) in [6.45, 7) is 2.27. The second-order valence-electron chi connectivity index (χ2n) is 4.72. The van der Waals surface area contributed by atoms with Crippen LogP contribution in [0.15, 0.2) is 36.4 Å². The molecule has 1 aromatic carbocycles. The Kier molecular flexibility index (Phi) is 8.36. The Hall–Kier alpha value is -1.04. The zero-order valence-electron chi connectivity index (χ0n) is 11.2. The SMILES string of the molecule is CCCCCCCCCC=Cc1ccccc1. The first kappa shape index (κ1) is 14.0. The maximum absolute atomic E-state index is 2.31. The minimum Gasteiger partial charge on any atom is -0.0839 e. The highest BCUT2D eigenvalue weighted by Gasteiger charge is 1.89. The smallest absolute Gasteiger partial charge is 0.0260 e. The fraction of sp³-hybridized carbons (Fsp3) is 0.529. The highest BCUT2D eigenvalue weighted by Crippen LogP contribution is 2.09. The van der Waals surface area contributed by atoms with Crippen LogP contribution in [0.5, 0.6) is 0 Å². The van der Waals surface area contributed by atoms with Crippen molar-refractivity contribution >= 4 is 6.08 Å². The van der Waals surface area contributed by atoms with Crippen LogP contribution < -0.4 is 0 Å². The number of unbranched alkanes of at least 4 members (excludes halogenated alkanes) is 7. The predicted molar refractivity (Wildman–Crippen MR) is 78.1 cm³/mol. The van der Waals surface area contributed by atoms with Gasteiger partial charge in [-0.1, -0.05) is 87.9 Å². The molecule has 17 heavy (non-hydrogen) atoms. The maximum atomic E-state index is 2.31. The second-order valence-corrected chi connectivity index (χ2v) is 4.72. The van der Waals surface area contributed by atoms with E-state index in [1.165, 1.54) is 56.9 Å². The molecule has 0 fully saturated rings. The summed E-state index contributed by atoms with van der Waals surface area (Å²) in [5.74, 6) is 0. The van der Waals surface area contributed by atoms with Crippen LogP contribution in [0, 0.1) is 0 Å². The molecule has 0 heterocycles. The molecule has 0 N–H and O–H groups in total. The van der Waals surface area contributed by atoms with Crippen LogP contribution in [0.2, 0.25) is 0 Å². The molecule has 0 spiro atoms. The molecule has 1 aromatic rings. The lowest BCUT2D eigenvalue weighted by Gasteiger charge is -1.98. The summed E-state index contributed by atoms with van der Waals surface area (Å²) in [6.07, 6.45) is 15.5. The van der Waals surface area contributed by atoms with Gasteiger partial charge in [0.05, 0.1) is 0 Å². The van der Waals surface area contributed by atoms with Gasteiger partial charge in [-0.05, 0) is 18.4 Å². The third-order valence-corrected chi connectivity index (χ3v) is 3.08. The Morgan fingerprint density at radius 1 is 0.824 bits per heavy atom. The molecule has 94 valence electrons. The van der Waals surface area contributed by atoms with Crippen molar-refractivity contribution in [1.29, 1.82) is 0 Å². The van der Waals surface area contributed by atoms with Crippen molar-refractivity contribution in [2.45, 2.75) is 58.3 Å². The van der Waals surface area contributed by atoms with Gasteiger partial charge < -0.3 is 0 Å². The van der Waals surface area contributed by atoms with Crippen LogP contribution in [0.4, 0.5) is 0 Å². The molecule has 0 amide bonds. The number of hydrogen-bond acceptors (Lipinski definition) is 0. The minimum absolute atomic E-state index is 1.22. The molecule has 0 aromatic heterocycles. The predicted octanol–water partition coefficient (Wildman–Crippen LogP) is 5.84. The van der Waals surface area contributed by atoms with Crippen molar-refractivity contribution in [3.8, 4) is 0 Å². The molecule has 0 aliphatic rings. The molecule has 0 aliphatic carbocycles. The molecule has 0 radical (unpaired) electrons. The van der Waals surface area contributed by atoms with Crippen molar-refractivity contribution < 1.29 is 0 Å². The molecule has 0 nitrogen and oxygen atoms in total. The molecule has 0 bridgehead atoms. The molecule has 0 aliphatic heterocycles. The van der Waals surface area contributed by atoms with Gasteiger partial charge in [-0.2, -0.15) is 0 Å². The number of hydrogen-bond donors (Lipinski definition) is 0. The van der Waals surface area contributed by atoms with Gasteiger partial charge in [-0.3, -0.25) is 0 Å². The van der Waals surface area contributed by atoms with E-state index in [1.54, 1.807) is 0 Å². The summed E-state index contributed by atoms with van der Waals surface area (Å²) in [7, 11) is 0. The lowest BCUT2D eigenvalue weighted by Crippen LogP contribution is -1.79. The Bertz CT molecular complexity index is 284. The summed E-state index contributed by atoms with van der Waals surface area (Å²) >= 11 is 0. The number of rotatable bonds is 9. The van der Waals surface area contributed by atoms with Gasteiger partial charge >= 0.3 is 0 Å². The molecule has 1 rings (SSSR count). The molecule has 0 unspecified atom stereocenters. The average molecular weight is 230 g/mol. The van der Waals surface area contributed by atoms with Gasteiger partial charge in [0.1, 0.15) is 0 Å². The quantitative estimate of drug-likeness (QED) is 0.467. The second kappa shape index (κ2) is 10.1. The van der Waals surface area contributed by atoms with Crippen molar-refractivity contribution in [2.75, 3.05) is 0 Å². The monoisotopic (exact) mass is 230 g/mol. The summed E-state index contributed by atoms with van der Waals surface area (Å²) in [5.41, 5.74) is 1.32. The zero-order valence-corrected chi connectivity index (χ0v) is 11.2. The third-order valence-electron chi connectivity index (χ3n) is 3.08. The Balaban J connectivity index is 1.95. The fourth-order valence-electron chi connectivity index (χ4n) is 2.00. The van der Waals surface area contributed by atoms with E-state index in [1.807, 2.05) is 0 Å². The molecular formula is C17H26. The summed E-state index contributed by atoms with van der Waals surface area (Å²) in [5, 5.41) is 0. The standard InChI is InChI=1S/C17H26/c1-2-3-4-5-6-7-8-9-11-14-17-15-12-10-13-16-17/h10-16H,2-9H2,1H3. The summed E-state index contributed by atoms with van der Waals surface area (Å²) in [6, 6.07) is 10.6. The Morgan fingerprint density at radius 2 is 1.47 bits per heavy atom. The van der Waals surface area contributed by atoms with Crippen LogP contribution in [0.25, 0.3) is 6.08 Å². The average Bonchev–Trinajstić information content (AvgIpc) is 2.38. The van der Waals surface area contributed by atoms with Crippen LogP contribution >= 0.6 is 0 Å². The van der Waals surface area contributed by atoms with E-state index >= 15 is 0 Å². The molecule has 0 saturated carbocycles.